The van der Waals surface area contributed by atoms with Gasteiger partial charge in [0, 0.05) is 6.42 Å². The average Bonchev–Trinajstić information content (AvgIpc) is 3.04. The third-order valence-electron chi connectivity index (χ3n) is 4.68. The molecule has 0 spiro atoms. The summed E-state index contributed by atoms with van der Waals surface area (Å²) in [4.78, 5) is 38.5. The first kappa shape index (κ1) is 23.7. The highest BCUT2D eigenvalue weighted by Crippen LogP contribution is 2.34. The number of esters is 1. The van der Waals surface area contributed by atoms with Crippen LogP contribution in [0.15, 0.2) is 59.5 Å². The molecule has 1 N–H and O–H groups in total. The number of aliphatic carboxylic acids is 1. The molecular weight excluding hydrogens is 446 g/mol. The average molecular weight is 470 g/mol. The molecule has 0 radical (unpaired) electrons. The fourth-order valence-corrected chi connectivity index (χ4v) is 4.42. The fraction of sp³-hybridized carbons (Fsp3) is 0.250. The molecule has 1 aliphatic heterocycles. The van der Waals surface area contributed by atoms with E-state index in [0.717, 1.165) is 17.3 Å². The topological polar surface area (TPSA) is 83.9 Å². The molecule has 1 fully saturated rings. The molecule has 1 amide bonds. The van der Waals surface area contributed by atoms with Gasteiger partial charge in [0.1, 0.15) is 10.4 Å². The maximum absolute atomic E-state index is 13.0. The molecule has 8 heteroatoms. The molecule has 1 saturated heterocycles. The van der Waals surface area contributed by atoms with E-state index in [2.05, 4.69) is 0 Å². The summed E-state index contributed by atoms with van der Waals surface area (Å²) in [6, 6.07) is 14.7. The third kappa shape index (κ3) is 5.83. The highest BCUT2D eigenvalue weighted by Gasteiger charge is 2.40. The molecular formula is C24H23NO5S2. The van der Waals surface area contributed by atoms with Gasteiger partial charge in [-0.1, -0.05) is 80.3 Å². The summed E-state index contributed by atoms with van der Waals surface area (Å²) in [5.41, 5.74) is 1.92. The number of nitrogens with zero attached hydrogens (tertiary/aromatic N) is 1. The summed E-state index contributed by atoms with van der Waals surface area (Å²) in [6.45, 7) is 4.26. The Morgan fingerprint density at radius 3 is 2.38 bits per heavy atom. The SMILES string of the molecule is CC(C)COC(=O)c1ccc(/C=C2\SC(=S)N([C@H](Cc3ccccc3)C(=O)O)C2=O)cc1. The quantitative estimate of drug-likeness (QED) is 0.349. The number of carboxylic acid groups (broad SMARTS) is 1. The van der Waals surface area contributed by atoms with Crippen molar-refractivity contribution in [3.05, 3.63) is 76.2 Å². The highest BCUT2D eigenvalue weighted by atomic mass is 32.2. The smallest absolute Gasteiger partial charge is 0.338 e. The Balaban J connectivity index is 1.75. The molecule has 6 nitrogen and oxygen atoms in total. The van der Waals surface area contributed by atoms with Crippen LogP contribution < -0.4 is 0 Å². The number of ether oxygens (including phenoxy) is 1. The Morgan fingerprint density at radius 2 is 1.78 bits per heavy atom. The molecule has 2 aromatic rings. The van der Waals surface area contributed by atoms with Crippen LogP contribution in [0.25, 0.3) is 6.08 Å². The van der Waals surface area contributed by atoms with Crippen LogP contribution in [0.3, 0.4) is 0 Å². The van der Waals surface area contributed by atoms with Crippen molar-refractivity contribution >= 4 is 52.2 Å². The van der Waals surface area contributed by atoms with E-state index < -0.39 is 23.9 Å². The van der Waals surface area contributed by atoms with Crippen LogP contribution >= 0.6 is 24.0 Å². The summed E-state index contributed by atoms with van der Waals surface area (Å²) in [6.07, 6.45) is 1.80. The van der Waals surface area contributed by atoms with E-state index in [9.17, 15) is 19.5 Å². The Bertz CT molecular complexity index is 1050. The second-order valence-corrected chi connectivity index (χ2v) is 9.39. The molecule has 0 aromatic heterocycles. The first-order chi connectivity index (χ1) is 15.3. The van der Waals surface area contributed by atoms with Gasteiger partial charge in [0.25, 0.3) is 5.91 Å². The maximum Gasteiger partial charge on any atom is 0.338 e. The number of amides is 1. The zero-order valence-electron chi connectivity index (χ0n) is 17.7. The lowest BCUT2D eigenvalue weighted by molar-refractivity contribution is -0.145. The predicted octanol–water partition coefficient (Wildman–Crippen LogP) is 4.40. The summed E-state index contributed by atoms with van der Waals surface area (Å²) >= 11 is 6.40. The van der Waals surface area contributed by atoms with Crippen molar-refractivity contribution in [3.63, 3.8) is 0 Å². The molecule has 0 aliphatic carbocycles. The van der Waals surface area contributed by atoms with Gasteiger partial charge in [-0.15, -0.1) is 0 Å². The second kappa shape index (κ2) is 10.6. The molecule has 1 atom stereocenters. The lowest BCUT2D eigenvalue weighted by atomic mass is 10.0. The molecule has 0 unspecified atom stereocenters. The van der Waals surface area contributed by atoms with Crippen molar-refractivity contribution in [1.29, 1.82) is 0 Å². The first-order valence-electron chi connectivity index (χ1n) is 10.1. The second-order valence-electron chi connectivity index (χ2n) is 7.71. The van der Waals surface area contributed by atoms with Gasteiger partial charge in [-0.3, -0.25) is 9.69 Å². The van der Waals surface area contributed by atoms with Gasteiger partial charge < -0.3 is 9.84 Å². The van der Waals surface area contributed by atoms with Crippen molar-refractivity contribution in [3.8, 4) is 0 Å². The monoisotopic (exact) mass is 469 g/mol. The Labute approximate surface area is 196 Å². The van der Waals surface area contributed by atoms with Crippen molar-refractivity contribution in [1.82, 2.24) is 4.90 Å². The lowest BCUT2D eigenvalue weighted by Crippen LogP contribution is -2.45. The number of thioether (sulfide) groups is 1. The van der Waals surface area contributed by atoms with Crippen LogP contribution in [0.2, 0.25) is 0 Å². The van der Waals surface area contributed by atoms with Gasteiger partial charge in [-0.2, -0.15) is 0 Å². The van der Waals surface area contributed by atoms with Gasteiger partial charge in [0.2, 0.25) is 0 Å². The van der Waals surface area contributed by atoms with Crippen molar-refractivity contribution < 1.29 is 24.2 Å². The number of rotatable bonds is 8. The number of benzene rings is 2. The minimum Gasteiger partial charge on any atom is -0.480 e. The Hall–Kier alpha value is -2.97. The zero-order chi connectivity index (χ0) is 23.3. The van der Waals surface area contributed by atoms with Gasteiger partial charge >= 0.3 is 11.9 Å². The molecule has 32 heavy (non-hydrogen) atoms. The van der Waals surface area contributed by atoms with E-state index in [1.54, 1.807) is 30.3 Å². The van der Waals surface area contributed by atoms with Gasteiger partial charge in [-0.25, -0.2) is 9.59 Å². The molecule has 166 valence electrons. The van der Waals surface area contributed by atoms with Crippen LogP contribution in [0.1, 0.15) is 35.3 Å². The van der Waals surface area contributed by atoms with Gasteiger partial charge in [0.15, 0.2) is 0 Å². The minimum atomic E-state index is -1.12. The van der Waals surface area contributed by atoms with E-state index in [0.29, 0.717) is 22.6 Å². The largest absolute Gasteiger partial charge is 0.480 e. The number of carbonyl (C=O) groups excluding carboxylic acids is 2. The van der Waals surface area contributed by atoms with Crippen molar-refractivity contribution in [2.75, 3.05) is 6.61 Å². The lowest BCUT2D eigenvalue weighted by Gasteiger charge is -2.23. The predicted molar refractivity (Wildman–Crippen MR) is 128 cm³/mol. The maximum atomic E-state index is 13.0. The zero-order valence-corrected chi connectivity index (χ0v) is 19.3. The minimum absolute atomic E-state index is 0.156. The molecule has 1 aliphatic rings. The summed E-state index contributed by atoms with van der Waals surface area (Å²) in [5, 5.41) is 9.74. The molecule has 0 saturated carbocycles. The number of hydrogen-bond acceptors (Lipinski definition) is 6. The number of carboxylic acids is 1. The van der Waals surface area contributed by atoms with Crippen LogP contribution in [-0.4, -0.2) is 44.8 Å². The van der Waals surface area contributed by atoms with Gasteiger partial charge in [-0.05, 0) is 35.3 Å². The Kier molecular flexibility index (Phi) is 7.82. The van der Waals surface area contributed by atoms with E-state index in [1.807, 2.05) is 44.2 Å². The summed E-state index contributed by atoms with van der Waals surface area (Å²) in [7, 11) is 0. The fourth-order valence-electron chi connectivity index (χ4n) is 3.07. The van der Waals surface area contributed by atoms with Crippen LogP contribution in [-0.2, 0) is 20.7 Å². The third-order valence-corrected chi connectivity index (χ3v) is 6.01. The molecule has 2 aromatic carbocycles. The van der Waals surface area contributed by atoms with Crippen LogP contribution in [0.5, 0.6) is 0 Å². The van der Waals surface area contributed by atoms with Crippen molar-refractivity contribution in [2.24, 2.45) is 5.92 Å². The first-order valence-corrected chi connectivity index (χ1v) is 11.3. The van der Waals surface area contributed by atoms with Crippen LogP contribution in [0.4, 0.5) is 0 Å². The highest BCUT2D eigenvalue weighted by molar-refractivity contribution is 8.26. The molecule has 3 rings (SSSR count). The van der Waals surface area contributed by atoms with Crippen LogP contribution in [0, 0.1) is 5.92 Å². The normalized spacial score (nSPS) is 16.0. The number of thiocarbonyl (C=S) groups is 1. The van der Waals surface area contributed by atoms with E-state index >= 15 is 0 Å². The summed E-state index contributed by atoms with van der Waals surface area (Å²) in [5.74, 6) is -1.71. The van der Waals surface area contributed by atoms with E-state index in [1.165, 1.54) is 4.90 Å². The molecule has 1 heterocycles. The Morgan fingerprint density at radius 1 is 1.12 bits per heavy atom. The van der Waals surface area contributed by atoms with Crippen molar-refractivity contribution in [2.45, 2.75) is 26.3 Å². The summed E-state index contributed by atoms with van der Waals surface area (Å²) < 4.78 is 5.42. The van der Waals surface area contributed by atoms with E-state index in [-0.39, 0.29) is 16.7 Å². The standard InChI is InChI=1S/C24H23NO5S2/c1-15(2)14-30-23(29)18-10-8-17(9-11-18)13-20-21(26)25(24(31)32-20)19(22(27)28)12-16-6-4-3-5-7-16/h3-11,13,15,19H,12,14H2,1-2H3,(H,27,28)/b20-13-/t19-/m1/s1. The number of carbonyl (C=O) groups is 3. The number of hydrogen-bond donors (Lipinski definition) is 1. The molecule has 0 bridgehead atoms. The van der Waals surface area contributed by atoms with Gasteiger partial charge in [0.05, 0.1) is 17.1 Å². The van der Waals surface area contributed by atoms with E-state index in [4.69, 9.17) is 17.0 Å².